The minimum Gasteiger partial charge on any atom is -0.497 e. The van der Waals surface area contributed by atoms with Crippen LogP contribution in [0.15, 0.2) is 36.5 Å². The first kappa shape index (κ1) is 12.4. The third-order valence-electron chi connectivity index (χ3n) is 2.71. The van der Waals surface area contributed by atoms with Gasteiger partial charge in [0.05, 0.1) is 20.8 Å². The first-order valence-corrected chi connectivity index (χ1v) is 5.56. The highest BCUT2D eigenvalue weighted by Gasteiger charge is 2.06. The molecule has 4 heteroatoms. The van der Waals surface area contributed by atoms with Crippen molar-refractivity contribution in [1.29, 1.82) is 0 Å². The van der Waals surface area contributed by atoms with E-state index in [9.17, 15) is 5.11 Å². The Balaban J connectivity index is 2.37. The molecule has 0 aliphatic heterocycles. The second-order valence-corrected chi connectivity index (χ2v) is 3.78. The smallest absolute Gasteiger partial charge is 0.218 e. The van der Waals surface area contributed by atoms with E-state index in [0.29, 0.717) is 11.4 Å². The molecule has 1 aromatic carbocycles. The van der Waals surface area contributed by atoms with Crippen LogP contribution in [-0.4, -0.2) is 24.3 Å². The van der Waals surface area contributed by atoms with Crippen LogP contribution in [0.4, 0.5) is 0 Å². The van der Waals surface area contributed by atoms with Crippen molar-refractivity contribution in [3.05, 3.63) is 42.1 Å². The summed E-state index contributed by atoms with van der Waals surface area (Å²) in [6, 6.07) is 9.54. The fraction of sp³-hybridized carbons (Fsp3) is 0.214. The first-order valence-electron chi connectivity index (χ1n) is 5.56. The number of benzene rings is 1. The van der Waals surface area contributed by atoms with E-state index < -0.39 is 0 Å². The van der Waals surface area contributed by atoms with Crippen LogP contribution >= 0.6 is 0 Å². The zero-order chi connectivity index (χ0) is 13.0. The van der Waals surface area contributed by atoms with Gasteiger partial charge < -0.3 is 14.6 Å². The van der Waals surface area contributed by atoms with E-state index in [2.05, 4.69) is 4.98 Å². The van der Waals surface area contributed by atoms with Gasteiger partial charge in [-0.25, -0.2) is 4.98 Å². The van der Waals surface area contributed by atoms with Crippen LogP contribution in [0.25, 0.3) is 11.1 Å². The second kappa shape index (κ2) is 5.51. The molecule has 0 aliphatic carbocycles. The molecule has 0 bridgehead atoms. The van der Waals surface area contributed by atoms with Crippen molar-refractivity contribution in [2.24, 2.45) is 0 Å². The lowest BCUT2D eigenvalue weighted by atomic mass is 10.1. The van der Waals surface area contributed by atoms with Gasteiger partial charge in [0.1, 0.15) is 5.75 Å². The van der Waals surface area contributed by atoms with Crippen LogP contribution in [0.5, 0.6) is 11.6 Å². The van der Waals surface area contributed by atoms with Crippen LogP contribution in [-0.2, 0) is 6.61 Å². The molecular formula is C14H15NO3. The zero-order valence-corrected chi connectivity index (χ0v) is 10.4. The molecule has 0 amide bonds. The van der Waals surface area contributed by atoms with E-state index in [1.54, 1.807) is 13.3 Å². The number of aromatic nitrogens is 1. The molecule has 0 saturated carbocycles. The Morgan fingerprint density at radius 3 is 2.33 bits per heavy atom. The van der Waals surface area contributed by atoms with Gasteiger partial charge in [0, 0.05) is 17.3 Å². The van der Waals surface area contributed by atoms with Crippen molar-refractivity contribution in [3.63, 3.8) is 0 Å². The number of aliphatic hydroxyl groups is 1. The molecule has 0 spiro atoms. The summed E-state index contributed by atoms with van der Waals surface area (Å²) < 4.78 is 10.2. The Morgan fingerprint density at radius 1 is 1.06 bits per heavy atom. The minimum absolute atomic E-state index is 0.0971. The SMILES string of the molecule is COc1ccc(-c2cnc(OC)c(CO)c2)cc1. The molecule has 94 valence electrons. The molecule has 1 aromatic heterocycles. The van der Waals surface area contributed by atoms with E-state index in [1.165, 1.54) is 7.11 Å². The third kappa shape index (κ3) is 2.43. The number of pyridine rings is 1. The quantitative estimate of drug-likeness (QED) is 0.897. The Kier molecular flexibility index (Phi) is 3.79. The number of nitrogens with zero attached hydrogens (tertiary/aromatic N) is 1. The van der Waals surface area contributed by atoms with Crippen LogP contribution in [0, 0.1) is 0 Å². The highest BCUT2D eigenvalue weighted by molar-refractivity contribution is 5.64. The van der Waals surface area contributed by atoms with Crippen LogP contribution < -0.4 is 9.47 Å². The number of ether oxygens (including phenoxy) is 2. The van der Waals surface area contributed by atoms with Gasteiger partial charge >= 0.3 is 0 Å². The largest absolute Gasteiger partial charge is 0.497 e. The molecule has 18 heavy (non-hydrogen) atoms. The van der Waals surface area contributed by atoms with Gasteiger partial charge in [-0.1, -0.05) is 12.1 Å². The van der Waals surface area contributed by atoms with Gasteiger partial charge in [-0.2, -0.15) is 0 Å². The van der Waals surface area contributed by atoms with Crippen molar-refractivity contribution in [2.45, 2.75) is 6.61 Å². The lowest BCUT2D eigenvalue weighted by Crippen LogP contribution is -1.95. The average Bonchev–Trinajstić information content (AvgIpc) is 2.46. The summed E-state index contributed by atoms with van der Waals surface area (Å²) in [6.45, 7) is -0.0971. The Morgan fingerprint density at radius 2 is 1.78 bits per heavy atom. The van der Waals surface area contributed by atoms with E-state index in [-0.39, 0.29) is 6.61 Å². The van der Waals surface area contributed by atoms with Gasteiger partial charge in [0.25, 0.3) is 0 Å². The van der Waals surface area contributed by atoms with Crippen molar-refractivity contribution in [3.8, 4) is 22.8 Å². The van der Waals surface area contributed by atoms with E-state index >= 15 is 0 Å². The monoisotopic (exact) mass is 245 g/mol. The number of hydrogen-bond acceptors (Lipinski definition) is 4. The summed E-state index contributed by atoms with van der Waals surface area (Å²) in [4.78, 5) is 4.17. The molecule has 0 saturated heterocycles. The van der Waals surface area contributed by atoms with Gasteiger partial charge in [-0.15, -0.1) is 0 Å². The van der Waals surface area contributed by atoms with E-state index in [1.807, 2.05) is 30.3 Å². The van der Waals surface area contributed by atoms with Gasteiger partial charge in [-0.3, -0.25) is 0 Å². The third-order valence-corrected chi connectivity index (χ3v) is 2.71. The van der Waals surface area contributed by atoms with Gasteiger partial charge in [0.15, 0.2) is 0 Å². The summed E-state index contributed by atoms with van der Waals surface area (Å²) in [5, 5.41) is 9.26. The fourth-order valence-corrected chi connectivity index (χ4v) is 1.74. The van der Waals surface area contributed by atoms with Gasteiger partial charge in [0.2, 0.25) is 5.88 Å². The summed E-state index contributed by atoms with van der Waals surface area (Å²) in [7, 11) is 3.17. The van der Waals surface area contributed by atoms with Gasteiger partial charge in [-0.05, 0) is 23.8 Å². The fourth-order valence-electron chi connectivity index (χ4n) is 1.74. The molecule has 0 unspecified atom stereocenters. The second-order valence-electron chi connectivity index (χ2n) is 3.78. The molecule has 0 radical (unpaired) electrons. The molecule has 0 fully saturated rings. The van der Waals surface area contributed by atoms with E-state index in [4.69, 9.17) is 9.47 Å². The van der Waals surface area contributed by atoms with Crippen LogP contribution in [0.3, 0.4) is 0 Å². The van der Waals surface area contributed by atoms with E-state index in [0.717, 1.165) is 16.9 Å². The summed E-state index contributed by atoms with van der Waals surface area (Å²) in [5.41, 5.74) is 2.62. The Bertz CT molecular complexity index is 523. The molecule has 2 rings (SSSR count). The number of rotatable bonds is 4. The first-order chi connectivity index (χ1) is 8.78. The molecule has 1 heterocycles. The summed E-state index contributed by atoms with van der Waals surface area (Å²) in [5.74, 6) is 1.26. The van der Waals surface area contributed by atoms with Crippen molar-refractivity contribution in [1.82, 2.24) is 4.98 Å². The lowest BCUT2D eigenvalue weighted by molar-refractivity contribution is 0.271. The minimum atomic E-state index is -0.0971. The maximum atomic E-state index is 9.26. The summed E-state index contributed by atoms with van der Waals surface area (Å²) >= 11 is 0. The van der Waals surface area contributed by atoms with Crippen molar-refractivity contribution >= 4 is 0 Å². The normalized spacial score (nSPS) is 10.2. The predicted molar refractivity (Wildman–Crippen MR) is 68.7 cm³/mol. The Hall–Kier alpha value is -2.07. The molecule has 1 N–H and O–H groups in total. The lowest BCUT2D eigenvalue weighted by Gasteiger charge is -2.08. The maximum absolute atomic E-state index is 9.26. The number of aliphatic hydroxyl groups excluding tert-OH is 1. The molecule has 0 atom stereocenters. The topological polar surface area (TPSA) is 51.6 Å². The number of methoxy groups -OCH3 is 2. The molecule has 4 nitrogen and oxygen atoms in total. The standard InChI is InChI=1S/C14H15NO3/c1-17-13-5-3-10(4-6-13)11-7-12(9-16)14(18-2)15-8-11/h3-8,16H,9H2,1-2H3. The van der Waals surface area contributed by atoms with Crippen LogP contribution in [0.1, 0.15) is 5.56 Å². The van der Waals surface area contributed by atoms with Crippen molar-refractivity contribution in [2.75, 3.05) is 14.2 Å². The molecule has 0 aliphatic rings. The Labute approximate surface area is 106 Å². The highest BCUT2D eigenvalue weighted by Crippen LogP contribution is 2.25. The molecular weight excluding hydrogens is 230 g/mol. The average molecular weight is 245 g/mol. The zero-order valence-electron chi connectivity index (χ0n) is 10.4. The number of hydrogen-bond donors (Lipinski definition) is 1. The maximum Gasteiger partial charge on any atom is 0.218 e. The molecule has 2 aromatic rings. The summed E-state index contributed by atoms with van der Waals surface area (Å²) in [6.07, 6.45) is 1.72. The predicted octanol–water partition coefficient (Wildman–Crippen LogP) is 2.26. The highest BCUT2D eigenvalue weighted by atomic mass is 16.5. The van der Waals surface area contributed by atoms with Crippen LogP contribution in [0.2, 0.25) is 0 Å². The van der Waals surface area contributed by atoms with Crippen molar-refractivity contribution < 1.29 is 14.6 Å².